The van der Waals surface area contributed by atoms with Crippen molar-refractivity contribution in [2.24, 2.45) is 0 Å². The Morgan fingerprint density at radius 2 is 1.75 bits per heavy atom. The van der Waals surface area contributed by atoms with E-state index in [0.29, 0.717) is 0 Å². The summed E-state index contributed by atoms with van der Waals surface area (Å²) in [5.74, 6) is 0.154. The van der Waals surface area contributed by atoms with Crippen molar-refractivity contribution in [1.82, 2.24) is 5.32 Å². The quantitative estimate of drug-likeness (QED) is 0.762. The summed E-state index contributed by atoms with van der Waals surface area (Å²) in [6, 6.07) is 8.25. The van der Waals surface area contributed by atoms with Gasteiger partial charge in [0.15, 0.2) is 0 Å². The fraction of sp³-hybridized carbons (Fsp3) is 0.625. The molecule has 0 saturated carbocycles. The highest BCUT2D eigenvalue weighted by atomic mass is 32.2. The summed E-state index contributed by atoms with van der Waals surface area (Å²) in [4.78, 5) is 0. The van der Waals surface area contributed by atoms with Crippen molar-refractivity contribution < 1.29 is 8.42 Å². The molecular weight excluding hydrogens is 270 g/mol. The first-order valence-electron chi connectivity index (χ1n) is 7.46. The fourth-order valence-electron chi connectivity index (χ4n) is 2.19. The molecule has 20 heavy (non-hydrogen) atoms. The number of hydrogen-bond donors (Lipinski definition) is 1. The van der Waals surface area contributed by atoms with E-state index < -0.39 is 9.84 Å². The number of benzene rings is 1. The van der Waals surface area contributed by atoms with Gasteiger partial charge in [0.25, 0.3) is 0 Å². The van der Waals surface area contributed by atoms with Crippen LogP contribution in [-0.2, 0) is 16.3 Å². The van der Waals surface area contributed by atoms with Crippen LogP contribution in [0.25, 0.3) is 0 Å². The molecule has 114 valence electrons. The number of nitrogens with one attached hydrogen (secondary N) is 1. The smallest absolute Gasteiger partial charge is 0.149 e. The van der Waals surface area contributed by atoms with Crippen LogP contribution in [0, 0.1) is 0 Å². The maximum Gasteiger partial charge on any atom is 0.149 e. The average Bonchev–Trinajstić information content (AvgIpc) is 2.40. The summed E-state index contributed by atoms with van der Waals surface area (Å²) in [6.45, 7) is 5.10. The molecule has 0 spiro atoms. The molecule has 0 heterocycles. The van der Waals surface area contributed by atoms with Crippen molar-refractivity contribution >= 4 is 9.84 Å². The zero-order chi connectivity index (χ0) is 15.0. The van der Waals surface area contributed by atoms with E-state index in [0.717, 1.165) is 24.9 Å². The van der Waals surface area contributed by atoms with Gasteiger partial charge in [-0.3, -0.25) is 0 Å². The Morgan fingerprint density at radius 1 is 1.10 bits per heavy atom. The Balaban J connectivity index is 2.79. The Bertz CT molecular complexity index is 480. The van der Waals surface area contributed by atoms with E-state index in [9.17, 15) is 8.42 Å². The fourth-order valence-corrected chi connectivity index (χ4v) is 3.11. The van der Waals surface area contributed by atoms with Crippen LogP contribution in [0.1, 0.15) is 50.3 Å². The van der Waals surface area contributed by atoms with Crippen molar-refractivity contribution in [3.8, 4) is 0 Å². The molecule has 0 aliphatic rings. The lowest BCUT2D eigenvalue weighted by molar-refractivity contribution is 0.549. The third kappa shape index (κ3) is 6.53. The third-order valence-corrected chi connectivity index (χ3v) is 4.25. The third-order valence-electron chi connectivity index (χ3n) is 3.31. The van der Waals surface area contributed by atoms with Crippen LogP contribution < -0.4 is 5.32 Å². The van der Waals surface area contributed by atoms with E-state index in [1.807, 2.05) is 0 Å². The van der Waals surface area contributed by atoms with Crippen LogP contribution >= 0.6 is 0 Å². The molecule has 1 aromatic rings. The Kier molecular flexibility index (Phi) is 7.24. The topological polar surface area (TPSA) is 46.2 Å². The summed E-state index contributed by atoms with van der Waals surface area (Å²) in [5, 5.41) is 3.33. The van der Waals surface area contributed by atoms with Crippen LogP contribution in [0.5, 0.6) is 0 Å². The van der Waals surface area contributed by atoms with Crippen LogP contribution in [0.4, 0.5) is 0 Å². The molecule has 4 heteroatoms. The SMILES string of the molecule is CCCCc1ccc(C(CS(C)(=O)=O)NCCC)cc1. The van der Waals surface area contributed by atoms with Crippen LogP contribution in [-0.4, -0.2) is 27.0 Å². The molecule has 0 aliphatic carbocycles. The predicted molar refractivity (Wildman–Crippen MR) is 85.8 cm³/mol. The summed E-state index contributed by atoms with van der Waals surface area (Å²) < 4.78 is 23.1. The van der Waals surface area contributed by atoms with Gasteiger partial charge in [-0.15, -0.1) is 0 Å². The molecule has 0 bridgehead atoms. The lowest BCUT2D eigenvalue weighted by Crippen LogP contribution is -2.28. The van der Waals surface area contributed by atoms with E-state index >= 15 is 0 Å². The van der Waals surface area contributed by atoms with Gasteiger partial charge in [0, 0.05) is 12.3 Å². The molecule has 1 rings (SSSR count). The van der Waals surface area contributed by atoms with Gasteiger partial charge in [0.1, 0.15) is 9.84 Å². The van der Waals surface area contributed by atoms with E-state index in [1.165, 1.54) is 24.7 Å². The summed E-state index contributed by atoms with van der Waals surface area (Å²) in [6.07, 6.45) is 5.77. The van der Waals surface area contributed by atoms with Crippen molar-refractivity contribution in [3.05, 3.63) is 35.4 Å². The van der Waals surface area contributed by atoms with E-state index in [2.05, 4.69) is 43.4 Å². The molecule has 0 saturated heterocycles. The molecule has 1 unspecified atom stereocenters. The highest BCUT2D eigenvalue weighted by Gasteiger charge is 2.16. The summed E-state index contributed by atoms with van der Waals surface area (Å²) in [7, 11) is -2.99. The second-order valence-corrected chi connectivity index (χ2v) is 7.63. The number of unbranched alkanes of at least 4 members (excludes halogenated alkanes) is 1. The Labute approximate surface area is 123 Å². The van der Waals surface area contributed by atoms with Gasteiger partial charge in [-0.25, -0.2) is 8.42 Å². The van der Waals surface area contributed by atoms with Crippen molar-refractivity contribution in [2.75, 3.05) is 18.6 Å². The Morgan fingerprint density at radius 3 is 2.25 bits per heavy atom. The minimum Gasteiger partial charge on any atom is -0.309 e. The maximum atomic E-state index is 11.5. The standard InChI is InChI=1S/C16H27NO2S/c1-4-6-7-14-8-10-15(11-9-14)16(17-12-5-2)13-20(3,18)19/h8-11,16-17H,4-7,12-13H2,1-3H3. The second kappa shape index (κ2) is 8.42. The zero-order valence-corrected chi connectivity index (χ0v) is 13.7. The number of rotatable bonds is 9. The van der Waals surface area contributed by atoms with Crippen LogP contribution in [0.2, 0.25) is 0 Å². The van der Waals surface area contributed by atoms with E-state index in [-0.39, 0.29) is 11.8 Å². The molecule has 3 nitrogen and oxygen atoms in total. The maximum absolute atomic E-state index is 11.5. The van der Waals surface area contributed by atoms with E-state index in [4.69, 9.17) is 0 Å². The van der Waals surface area contributed by atoms with Gasteiger partial charge in [-0.1, -0.05) is 44.5 Å². The predicted octanol–water partition coefficient (Wildman–Crippen LogP) is 3.11. The summed E-state index contributed by atoms with van der Waals surface area (Å²) >= 11 is 0. The highest BCUT2D eigenvalue weighted by molar-refractivity contribution is 7.90. The highest BCUT2D eigenvalue weighted by Crippen LogP contribution is 2.17. The minimum atomic E-state index is -2.99. The number of hydrogen-bond acceptors (Lipinski definition) is 3. The van der Waals surface area contributed by atoms with Crippen molar-refractivity contribution in [3.63, 3.8) is 0 Å². The number of aryl methyl sites for hydroxylation is 1. The second-order valence-electron chi connectivity index (χ2n) is 5.44. The lowest BCUT2D eigenvalue weighted by atomic mass is 10.0. The van der Waals surface area contributed by atoms with Gasteiger partial charge in [0.05, 0.1) is 5.75 Å². The largest absolute Gasteiger partial charge is 0.309 e. The molecule has 0 amide bonds. The number of sulfone groups is 1. The summed E-state index contributed by atoms with van der Waals surface area (Å²) in [5.41, 5.74) is 2.38. The average molecular weight is 297 g/mol. The van der Waals surface area contributed by atoms with Crippen molar-refractivity contribution in [2.45, 2.75) is 45.6 Å². The minimum absolute atomic E-state index is 0.106. The first kappa shape index (κ1) is 17.2. The lowest BCUT2D eigenvalue weighted by Gasteiger charge is -2.18. The first-order valence-corrected chi connectivity index (χ1v) is 9.52. The van der Waals surface area contributed by atoms with Gasteiger partial charge in [-0.05, 0) is 36.9 Å². The van der Waals surface area contributed by atoms with Gasteiger partial charge >= 0.3 is 0 Å². The van der Waals surface area contributed by atoms with Crippen molar-refractivity contribution in [1.29, 1.82) is 0 Å². The van der Waals surface area contributed by atoms with Gasteiger partial charge < -0.3 is 5.32 Å². The molecule has 1 atom stereocenters. The van der Waals surface area contributed by atoms with Gasteiger partial charge in [-0.2, -0.15) is 0 Å². The molecule has 1 N–H and O–H groups in total. The molecule has 0 fully saturated rings. The van der Waals surface area contributed by atoms with Crippen LogP contribution in [0.3, 0.4) is 0 Å². The Hall–Kier alpha value is -0.870. The monoisotopic (exact) mass is 297 g/mol. The molecule has 0 radical (unpaired) electrons. The molecule has 0 aromatic heterocycles. The van der Waals surface area contributed by atoms with E-state index in [1.54, 1.807) is 0 Å². The molecule has 0 aliphatic heterocycles. The first-order chi connectivity index (χ1) is 9.46. The van der Waals surface area contributed by atoms with Gasteiger partial charge in [0.2, 0.25) is 0 Å². The molecular formula is C16H27NO2S. The van der Waals surface area contributed by atoms with Crippen LogP contribution in [0.15, 0.2) is 24.3 Å². The normalized spacial score (nSPS) is 13.3. The zero-order valence-electron chi connectivity index (χ0n) is 12.9. The molecule has 1 aromatic carbocycles.